The third-order valence-corrected chi connectivity index (χ3v) is 5.92. The molecule has 0 aliphatic rings. The minimum absolute atomic E-state index is 0.160. The standard InChI is InChI=1S/C30H30N2O4/c1-5-15-35-26-13-14-28-27(19-26)29(24-11-9-23(10-12-24)21(2)3)31-30(33)32(28)20-22-7-6-8-25(18-22)36-17-16-34-4/h1,6-14,18-19,21H,15-17,20H2,2-4H3. The fourth-order valence-corrected chi connectivity index (χ4v) is 4.03. The maximum atomic E-state index is 13.3. The summed E-state index contributed by atoms with van der Waals surface area (Å²) >= 11 is 0. The van der Waals surface area contributed by atoms with Crippen LogP contribution in [0, 0.1) is 12.3 Å². The van der Waals surface area contributed by atoms with Crippen LogP contribution in [0.2, 0.25) is 0 Å². The molecular formula is C30H30N2O4. The lowest BCUT2D eigenvalue weighted by Crippen LogP contribution is -2.24. The van der Waals surface area contributed by atoms with E-state index in [9.17, 15) is 4.79 Å². The Labute approximate surface area is 211 Å². The van der Waals surface area contributed by atoms with E-state index < -0.39 is 0 Å². The van der Waals surface area contributed by atoms with Crippen molar-refractivity contribution in [2.75, 3.05) is 26.9 Å². The second-order valence-corrected chi connectivity index (χ2v) is 8.77. The van der Waals surface area contributed by atoms with Crippen LogP contribution in [0.5, 0.6) is 11.5 Å². The van der Waals surface area contributed by atoms with Crippen LogP contribution in [-0.4, -0.2) is 36.5 Å². The van der Waals surface area contributed by atoms with Gasteiger partial charge in [-0.2, -0.15) is 4.98 Å². The van der Waals surface area contributed by atoms with Crippen LogP contribution >= 0.6 is 0 Å². The number of aromatic nitrogens is 2. The van der Waals surface area contributed by atoms with E-state index in [0.717, 1.165) is 27.8 Å². The van der Waals surface area contributed by atoms with Gasteiger partial charge in [-0.25, -0.2) is 4.79 Å². The number of ether oxygens (including phenoxy) is 3. The molecule has 0 radical (unpaired) electrons. The Kier molecular flexibility index (Phi) is 8.04. The molecule has 36 heavy (non-hydrogen) atoms. The highest BCUT2D eigenvalue weighted by molar-refractivity contribution is 5.93. The third-order valence-electron chi connectivity index (χ3n) is 5.92. The zero-order valence-electron chi connectivity index (χ0n) is 20.9. The Hall–Kier alpha value is -4.08. The summed E-state index contributed by atoms with van der Waals surface area (Å²) in [4.78, 5) is 17.8. The molecule has 3 aromatic carbocycles. The van der Waals surface area contributed by atoms with Gasteiger partial charge in [-0.05, 0) is 47.4 Å². The van der Waals surface area contributed by atoms with Crippen molar-refractivity contribution in [3.8, 4) is 35.1 Å². The highest BCUT2D eigenvalue weighted by Crippen LogP contribution is 2.30. The Bertz CT molecular complexity index is 1430. The van der Waals surface area contributed by atoms with Crippen molar-refractivity contribution in [1.82, 2.24) is 9.55 Å². The van der Waals surface area contributed by atoms with Gasteiger partial charge < -0.3 is 14.2 Å². The predicted octanol–water partition coefficient (Wildman–Crippen LogP) is 5.27. The van der Waals surface area contributed by atoms with Crippen molar-refractivity contribution in [3.63, 3.8) is 0 Å². The van der Waals surface area contributed by atoms with E-state index >= 15 is 0 Å². The predicted molar refractivity (Wildman–Crippen MR) is 143 cm³/mol. The Morgan fingerprint density at radius 2 is 1.75 bits per heavy atom. The van der Waals surface area contributed by atoms with E-state index in [1.807, 2.05) is 54.6 Å². The smallest absolute Gasteiger partial charge is 0.348 e. The number of rotatable bonds is 10. The van der Waals surface area contributed by atoms with Crippen molar-refractivity contribution in [2.45, 2.75) is 26.3 Å². The van der Waals surface area contributed by atoms with Crippen molar-refractivity contribution in [1.29, 1.82) is 0 Å². The summed E-state index contributed by atoms with van der Waals surface area (Å²) in [6, 6.07) is 21.5. The van der Waals surface area contributed by atoms with Gasteiger partial charge in [-0.15, -0.1) is 6.42 Å². The average molecular weight is 483 g/mol. The molecule has 0 aliphatic carbocycles. The van der Waals surface area contributed by atoms with E-state index in [4.69, 9.17) is 20.6 Å². The molecule has 0 fully saturated rings. The second kappa shape index (κ2) is 11.6. The summed E-state index contributed by atoms with van der Waals surface area (Å²) in [5.41, 5.74) is 4.07. The number of hydrogen-bond donors (Lipinski definition) is 0. The van der Waals surface area contributed by atoms with Gasteiger partial charge in [0, 0.05) is 18.1 Å². The molecule has 0 aliphatic heterocycles. The van der Waals surface area contributed by atoms with Crippen LogP contribution in [0.4, 0.5) is 0 Å². The summed E-state index contributed by atoms with van der Waals surface area (Å²) in [6.07, 6.45) is 5.38. The first-order valence-electron chi connectivity index (χ1n) is 11.9. The quantitative estimate of drug-likeness (QED) is 0.228. The van der Waals surface area contributed by atoms with Gasteiger partial charge in [-0.3, -0.25) is 4.57 Å². The summed E-state index contributed by atoms with van der Waals surface area (Å²) in [6.45, 7) is 5.76. The molecule has 6 heteroatoms. The second-order valence-electron chi connectivity index (χ2n) is 8.77. The fourth-order valence-electron chi connectivity index (χ4n) is 4.03. The number of nitrogens with zero attached hydrogens (tertiary/aromatic N) is 2. The topological polar surface area (TPSA) is 62.6 Å². The largest absolute Gasteiger partial charge is 0.491 e. The minimum Gasteiger partial charge on any atom is -0.491 e. The van der Waals surface area contributed by atoms with Crippen LogP contribution in [0.1, 0.15) is 30.9 Å². The zero-order chi connectivity index (χ0) is 25.5. The van der Waals surface area contributed by atoms with Gasteiger partial charge in [0.15, 0.2) is 0 Å². The third kappa shape index (κ3) is 5.76. The van der Waals surface area contributed by atoms with Gasteiger partial charge in [0.25, 0.3) is 0 Å². The molecule has 0 unspecified atom stereocenters. The van der Waals surface area contributed by atoms with Crippen molar-refractivity contribution < 1.29 is 14.2 Å². The van der Waals surface area contributed by atoms with E-state index in [-0.39, 0.29) is 12.3 Å². The van der Waals surface area contributed by atoms with Crippen LogP contribution in [-0.2, 0) is 11.3 Å². The summed E-state index contributed by atoms with van der Waals surface area (Å²) < 4.78 is 18.1. The molecule has 0 saturated carbocycles. The van der Waals surface area contributed by atoms with Crippen LogP contribution in [0.3, 0.4) is 0 Å². The van der Waals surface area contributed by atoms with Crippen molar-refractivity contribution in [2.24, 2.45) is 0 Å². The van der Waals surface area contributed by atoms with E-state index in [1.165, 1.54) is 5.56 Å². The first-order chi connectivity index (χ1) is 17.5. The summed E-state index contributed by atoms with van der Waals surface area (Å²) in [5, 5.41) is 0.814. The first-order valence-corrected chi connectivity index (χ1v) is 11.9. The average Bonchev–Trinajstić information content (AvgIpc) is 2.89. The number of hydrogen-bond acceptors (Lipinski definition) is 5. The first kappa shape index (κ1) is 25.0. The highest BCUT2D eigenvalue weighted by Gasteiger charge is 2.15. The lowest BCUT2D eigenvalue weighted by atomic mass is 9.99. The number of methoxy groups -OCH3 is 1. The fraction of sp³-hybridized carbons (Fsp3) is 0.267. The van der Waals surface area contributed by atoms with E-state index in [1.54, 1.807) is 11.7 Å². The normalized spacial score (nSPS) is 11.0. The molecule has 0 spiro atoms. The lowest BCUT2D eigenvalue weighted by Gasteiger charge is -2.15. The molecule has 1 aromatic heterocycles. The molecule has 0 atom stereocenters. The van der Waals surface area contributed by atoms with Gasteiger partial charge >= 0.3 is 5.69 Å². The van der Waals surface area contributed by atoms with Gasteiger partial charge in [0.05, 0.1) is 24.4 Å². The molecule has 184 valence electrons. The van der Waals surface area contributed by atoms with Crippen molar-refractivity contribution in [3.05, 3.63) is 88.3 Å². The van der Waals surface area contributed by atoms with E-state index in [2.05, 4.69) is 36.9 Å². The zero-order valence-corrected chi connectivity index (χ0v) is 20.9. The van der Waals surface area contributed by atoms with Crippen LogP contribution in [0.25, 0.3) is 22.2 Å². The van der Waals surface area contributed by atoms with Gasteiger partial charge in [0.1, 0.15) is 24.7 Å². The molecule has 0 saturated heterocycles. The van der Waals surface area contributed by atoms with Crippen LogP contribution < -0.4 is 15.2 Å². The molecule has 0 bridgehead atoms. The molecule has 6 nitrogen and oxygen atoms in total. The summed E-state index contributed by atoms with van der Waals surface area (Å²) in [5.74, 6) is 4.25. The highest BCUT2D eigenvalue weighted by atomic mass is 16.5. The Morgan fingerprint density at radius 1 is 0.972 bits per heavy atom. The SMILES string of the molecule is C#CCOc1ccc2c(c1)c(-c1ccc(C(C)C)cc1)nc(=O)n2Cc1cccc(OCCOC)c1. The number of terminal acetylenes is 1. The molecule has 4 rings (SSSR count). The number of benzene rings is 3. The van der Waals surface area contributed by atoms with Crippen molar-refractivity contribution >= 4 is 10.9 Å². The Morgan fingerprint density at radius 3 is 2.47 bits per heavy atom. The van der Waals surface area contributed by atoms with E-state index in [0.29, 0.717) is 37.1 Å². The maximum absolute atomic E-state index is 13.3. The lowest BCUT2D eigenvalue weighted by molar-refractivity contribution is 0.146. The molecule has 0 amide bonds. The molecule has 4 aromatic rings. The molecule has 0 N–H and O–H groups in total. The van der Waals surface area contributed by atoms with Gasteiger partial charge in [-0.1, -0.05) is 56.2 Å². The molecular weight excluding hydrogens is 452 g/mol. The Balaban J connectivity index is 1.78. The van der Waals surface area contributed by atoms with Crippen LogP contribution in [0.15, 0.2) is 71.5 Å². The monoisotopic (exact) mass is 482 g/mol. The number of fused-ring (bicyclic) bond motifs is 1. The maximum Gasteiger partial charge on any atom is 0.348 e. The summed E-state index contributed by atoms with van der Waals surface area (Å²) in [7, 11) is 1.63. The van der Waals surface area contributed by atoms with Gasteiger partial charge in [0.2, 0.25) is 0 Å². The molecule has 1 heterocycles. The minimum atomic E-state index is -0.326.